The fraction of sp³-hybridized carbons (Fsp3) is 0. The maximum atomic E-state index is 5.27. The van der Waals surface area contributed by atoms with Crippen LogP contribution in [0.1, 0.15) is 0 Å². The van der Waals surface area contributed by atoms with Crippen LogP contribution in [0.25, 0.3) is 53.1 Å². The molecule has 0 amide bonds. The van der Waals surface area contributed by atoms with Crippen LogP contribution in [0.15, 0.2) is 95.7 Å². The van der Waals surface area contributed by atoms with E-state index in [1.165, 1.54) is 19.5 Å². The number of thiophene rings is 3. The molecule has 6 rings (SSSR count). The summed E-state index contributed by atoms with van der Waals surface area (Å²) < 4.78 is 0. The van der Waals surface area contributed by atoms with Gasteiger partial charge in [-0.1, -0.05) is 72.8 Å². The van der Waals surface area contributed by atoms with Gasteiger partial charge in [0.15, 0.2) is 0 Å². The first kappa shape index (κ1) is 18.6. The van der Waals surface area contributed by atoms with Crippen LogP contribution in [-0.4, -0.2) is 9.97 Å². The van der Waals surface area contributed by atoms with Gasteiger partial charge in [0.2, 0.25) is 0 Å². The lowest BCUT2D eigenvalue weighted by atomic mass is 10.0. The van der Waals surface area contributed by atoms with E-state index in [0.717, 1.165) is 33.5 Å². The maximum absolute atomic E-state index is 5.27. The second-order valence-electron chi connectivity index (χ2n) is 7.06. The normalized spacial score (nSPS) is 11.2. The van der Waals surface area contributed by atoms with Gasteiger partial charge in [-0.15, -0.1) is 34.0 Å². The molecule has 0 spiro atoms. The molecule has 0 saturated carbocycles. The molecule has 0 radical (unpaired) electrons. The lowest BCUT2D eigenvalue weighted by Gasteiger charge is -2.10. The number of fused-ring (bicyclic) bond motifs is 1. The van der Waals surface area contributed by atoms with Gasteiger partial charge in [0.25, 0.3) is 0 Å². The van der Waals surface area contributed by atoms with Crippen molar-refractivity contribution in [2.75, 3.05) is 0 Å². The summed E-state index contributed by atoms with van der Waals surface area (Å²) in [6, 6.07) is 29.3. The molecule has 5 heteroatoms. The molecule has 0 aliphatic rings. The minimum Gasteiger partial charge on any atom is -0.242 e. The molecular formula is C26H16N2S3. The van der Waals surface area contributed by atoms with E-state index in [1.807, 2.05) is 12.1 Å². The average Bonchev–Trinajstić information content (AvgIpc) is 3.60. The Kier molecular flexibility index (Phi) is 4.72. The van der Waals surface area contributed by atoms with Gasteiger partial charge in [-0.25, -0.2) is 9.97 Å². The maximum Gasteiger partial charge on any atom is 0.110 e. The van der Waals surface area contributed by atoms with Gasteiger partial charge < -0.3 is 0 Å². The van der Waals surface area contributed by atoms with Crippen LogP contribution in [0.5, 0.6) is 0 Å². The van der Waals surface area contributed by atoms with Crippen LogP contribution in [0.2, 0.25) is 0 Å². The van der Waals surface area contributed by atoms with Crippen molar-refractivity contribution < 1.29 is 0 Å². The highest BCUT2D eigenvalue weighted by Crippen LogP contribution is 2.46. The molecule has 6 aromatic rings. The van der Waals surface area contributed by atoms with Crippen LogP contribution >= 0.6 is 34.0 Å². The van der Waals surface area contributed by atoms with Crippen LogP contribution in [0, 0.1) is 0 Å². The van der Waals surface area contributed by atoms with E-state index in [0.29, 0.717) is 0 Å². The van der Waals surface area contributed by atoms with Crippen LogP contribution in [0.4, 0.5) is 0 Å². The van der Waals surface area contributed by atoms with Crippen molar-refractivity contribution in [3.05, 3.63) is 95.7 Å². The summed E-state index contributed by atoms with van der Waals surface area (Å²) >= 11 is 5.29. The summed E-state index contributed by atoms with van der Waals surface area (Å²) in [6.45, 7) is 0. The summed E-state index contributed by atoms with van der Waals surface area (Å²) in [5, 5.41) is 4.24. The monoisotopic (exact) mass is 452 g/mol. The molecule has 4 aromatic heterocycles. The van der Waals surface area contributed by atoms with Gasteiger partial charge in [0.05, 0.1) is 21.1 Å². The van der Waals surface area contributed by atoms with E-state index in [-0.39, 0.29) is 0 Å². The molecule has 0 aliphatic heterocycles. The standard InChI is InChI=1S/C26H16N2S3/c1-3-9-17(10-4-1)21-22(18-11-5-2-6-12-18)28-24-23(27-21)25(19-13-7-15-29-19)31-26(24)20-14-8-16-30-20/h1-16H. The van der Waals surface area contributed by atoms with E-state index in [2.05, 4.69) is 83.6 Å². The number of rotatable bonds is 4. The van der Waals surface area contributed by atoms with Crippen molar-refractivity contribution in [3.63, 3.8) is 0 Å². The third-order valence-corrected chi connectivity index (χ3v) is 8.38. The molecule has 2 aromatic carbocycles. The van der Waals surface area contributed by atoms with E-state index in [9.17, 15) is 0 Å². The number of nitrogens with zero attached hydrogens (tertiary/aromatic N) is 2. The van der Waals surface area contributed by atoms with E-state index >= 15 is 0 Å². The fourth-order valence-corrected chi connectivity index (χ4v) is 6.58. The molecule has 0 bridgehead atoms. The Morgan fingerprint density at radius 3 is 1.32 bits per heavy atom. The van der Waals surface area contributed by atoms with Crippen LogP contribution < -0.4 is 0 Å². The fourth-order valence-electron chi connectivity index (χ4n) is 3.69. The van der Waals surface area contributed by atoms with Crippen molar-refractivity contribution in [1.29, 1.82) is 0 Å². The highest BCUT2D eigenvalue weighted by atomic mass is 32.1. The molecule has 2 nitrogen and oxygen atoms in total. The van der Waals surface area contributed by atoms with E-state index in [4.69, 9.17) is 9.97 Å². The van der Waals surface area contributed by atoms with Crippen molar-refractivity contribution in [1.82, 2.24) is 9.97 Å². The Morgan fingerprint density at radius 2 is 0.935 bits per heavy atom. The van der Waals surface area contributed by atoms with Gasteiger partial charge in [-0.05, 0) is 22.9 Å². The molecule has 4 heterocycles. The van der Waals surface area contributed by atoms with Crippen molar-refractivity contribution in [2.45, 2.75) is 0 Å². The SMILES string of the molecule is c1ccc(-c2nc3c(-c4cccs4)sc(-c4cccs4)c3nc2-c2ccccc2)cc1. The largest absolute Gasteiger partial charge is 0.242 e. The molecule has 148 valence electrons. The topological polar surface area (TPSA) is 25.8 Å². The Morgan fingerprint density at radius 1 is 0.484 bits per heavy atom. The predicted octanol–water partition coefficient (Wildman–Crippen LogP) is 8.48. The zero-order chi connectivity index (χ0) is 20.6. The summed E-state index contributed by atoms with van der Waals surface area (Å²) in [4.78, 5) is 15.4. The van der Waals surface area contributed by atoms with Gasteiger partial charge in [0.1, 0.15) is 11.0 Å². The number of hydrogen-bond donors (Lipinski definition) is 0. The number of benzene rings is 2. The molecular weight excluding hydrogens is 437 g/mol. The highest BCUT2D eigenvalue weighted by molar-refractivity contribution is 7.27. The Hall–Kier alpha value is -3.12. The zero-order valence-electron chi connectivity index (χ0n) is 16.4. The first-order chi connectivity index (χ1) is 15.4. The molecule has 0 aliphatic carbocycles. The summed E-state index contributed by atoms with van der Waals surface area (Å²) in [7, 11) is 0. The van der Waals surface area contributed by atoms with Crippen molar-refractivity contribution >= 4 is 45.0 Å². The second kappa shape index (κ2) is 7.85. The Bertz CT molecular complexity index is 1340. The summed E-state index contributed by atoms with van der Waals surface area (Å²) in [5.74, 6) is 0. The number of aromatic nitrogens is 2. The van der Waals surface area contributed by atoms with E-state index < -0.39 is 0 Å². The lowest BCUT2D eigenvalue weighted by molar-refractivity contribution is 1.30. The first-order valence-corrected chi connectivity index (χ1v) is 12.5. The van der Waals surface area contributed by atoms with Crippen LogP contribution in [-0.2, 0) is 0 Å². The minimum atomic E-state index is 0.924. The average molecular weight is 453 g/mol. The second-order valence-corrected chi connectivity index (χ2v) is 9.98. The van der Waals surface area contributed by atoms with Crippen LogP contribution in [0.3, 0.4) is 0 Å². The van der Waals surface area contributed by atoms with Gasteiger partial charge in [-0.2, -0.15) is 0 Å². The predicted molar refractivity (Wildman–Crippen MR) is 135 cm³/mol. The molecule has 0 saturated heterocycles. The van der Waals surface area contributed by atoms with E-state index in [1.54, 1.807) is 34.0 Å². The molecule has 0 unspecified atom stereocenters. The molecule has 0 fully saturated rings. The lowest BCUT2D eigenvalue weighted by Crippen LogP contribution is -1.95. The Balaban J connectivity index is 1.72. The zero-order valence-corrected chi connectivity index (χ0v) is 18.8. The molecule has 0 atom stereocenters. The third kappa shape index (κ3) is 3.31. The van der Waals surface area contributed by atoms with Gasteiger partial charge in [0, 0.05) is 20.9 Å². The van der Waals surface area contributed by atoms with Crippen molar-refractivity contribution in [2.24, 2.45) is 0 Å². The Labute approximate surface area is 192 Å². The van der Waals surface area contributed by atoms with Gasteiger partial charge >= 0.3 is 0 Å². The van der Waals surface area contributed by atoms with Crippen molar-refractivity contribution in [3.8, 4) is 42.0 Å². The number of hydrogen-bond acceptors (Lipinski definition) is 5. The summed E-state index contributed by atoms with van der Waals surface area (Å²) in [6.07, 6.45) is 0. The molecule has 31 heavy (non-hydrogen) atoms. The minimum absolute atomic E-state index is 0.924. The quantitative estimate of drug-likeness (QED) is 0.268. The smallest absolute Gasteiger partial charge is 0.110 e. The van der Waals surface area contributed by atoms with Gasteiger partial charge in [-0.3, -0.25) is 0 Å². The third-order valence-electron chi connectivity index (χ3n) is 5.11. The molecule has 0 N–H and O–H groups in total. The highest BCUT2D eigenvalue weighted by Gasteiger charge is 2.22. The summed E-state index contributed by atoms with van der Waals surface area (Å²) in [5.41, 5.74) is 5.97. The first-order valence-electron chi connectivity index (χ1n) is 9.91.